The summed E-state index contributed by atoms with van der Waals surface area (Å²) in [6.45, 7) is 0.776. The monoisotopic (exact) mass is 324 g/mol. The first-order valence-corrected chi connectivity index (χ1v) is 8.71. The molecule has 126 valence electrons. The Morgan fingerprint density at radius 3 is 2.83 bits per heavy atom. The van der Waals surface area contributed by atoms with Gasteiger partial charge in [0.25, 0.3) is 0 Å². The van der Waals surface area contributed by atoms with Crippen molar-refractivity contribution in [3.05, 3.63) is 29.7 Å². The van der Waals surface area contributed by atoms with Crippen molar-refractivity contribution in [3.8, 4) is 11.3 Å². The number of hydrogen-bond donors (Lipinski definition) is 3. The Morgan fingerprint density at radius 2 is 2.21 bits per heavy atom. The summed E-state index contributed by atoms with van der Waals surface area (Å²) in [6, 6.07) is 2.51. The SMILES string of the molecule is CNc1cc(-c2cn(C3CC(CN)C3)nc2C2CC2)ncc1C=N. The maximum atomic E-state index is 7.48. The van der Waals surface area contributed by atoms with Gasteiger partial charge in [0.05, 0.1) is 17.4 Å². The van der Waals surface area contributed by atoms with Gasteiger partial charge >= 0.3 is 0 Å². The summed E-state index contributed by atoms with van der Waals surface area (Å²) < 4.78 is 2.14. The lowest BCUT2D eigenvalue weighted by Crippen LogP contribution is -2.32. The van der Waals surface area contributed by atoms with Gasteiger partial charge in [-0.1, -0.05) is 0 Å². The number of pyridine rings is 1. The van der Waals surface area contributed by atoms with Crippen LogP contribution < -0.4 is 11.1 Å². The van der Waals surface area contributed by atoms with Gasteiger partial charge in [0.15, 0.2) is 0 Å². The van der Waals surface area contributed by atoms with E-state index in [1.165, 1.54) is 24.8 Å². The summed E-state index contributed by atoms with van der Waals surface area (Å²) in [6.07, 6.45) is 9.95. The topological polar surface area (TPSA) is 92.6 Å². The van der Waals surface area contributed by atoms with E-state index < -0.39 is 0 Å². The third-order valence-electron chi connectivity index (χ3n) is 5.28. The van der Waals surface area contributed by atoms with Crippen LogP contribution >= 0.6 is 0 Å². The third-order valence-corrected chi connectivity index (χ3v) is 5.28. The number of anilines is 1. The molecule has 0 bridgehead atoms. The van der Waals surface area contributed by atoms with Crippen molar-refractivity contribution in [1.29, 1.82) is 5.41 Å². The second-order valence-electron chi connectivity index (χ2n) is 6.96. The van der Waals surface area contributed by atoms with Gasteiger partial charge in [0.1, 0.15) is 0 Å². The number of aromatic nitrogens is 3. The molecule has 6 heteroatoms. The van der Waals surface area contributed by atoms with E-state index >= 15 is 0 Å². The van der Waals surface area contributed by atoms with Crippen molar-refractivity contribution in [2.24, 2.45) is 11.7 Å². The van der Waals surface area contributed by atoms with E-state index in [1.807, 2.05) is 13.1 Å². The predicted molar refractivity (Wildman–Crippen MR) is 95.7 cm³/mol. The Morgan fingerprint density at radius 1 is 1.42 bits per heavy atom. The molecule has 0 aromatic carbocycles. The highest BCUT2D eigenvalue weighted by Crippen LogP contribution is 2.45. The molecule has 4 rings (SSSR count). The predicted octanol–water partition coefficient (Wildman–Crippen LogP) is 2.77. The van der Waals surface area contributed by atoms with Gasteiger partial charge in [-0.3, -0.25) is 9.67 Å². The number of rotatable bonds is 6. The molecule has 0 spiro atoms. The average molecular weight is 324 g/mol. The fraction of sp³-hybridized carbons (Fsp3) is 0.500. The fourth-order valence-electron chi connectivity index (χ4n) is 3.50. The zero-order valence-electron chi connectivity index (χ0n) is 14.0. The smallest absolute Gasteiger partial charge is 0.0757 e. The highest BCUT2D eigenvalue weighted by Gasteiger charge is 2.34. The summed E-state index contributed by atoms with van der Waals surface area (Å²) in [4.78, 5) is 4.58. The summed E-state index contributed by atoms with van der Waals surface area (Å²) in [5, 5.41) is 15.5. The Labute approximate surface area is 142 Å². The van der Waals surface area contributed by atoms with Crippen LogP contribution in [0, 0.1) is 11.3 Å². The van der Waals surface area contributed by atoms with Gasteiger partial charge in [-0.25, -0.2) is 0 Å². The average Bonchev–Trinajstić information content (AvgIpc) is 3.33. The third kappa shape index (κ3) is 2.60. The van der Waals surface area contributed by atoms with Crippen LogP contribution in [0.2, 0.25) is 0 Å². The molecule has 2 saturated carbocycles. The molecule has 0 atom stereocenters. The number of nitrogens with zero attached hydrogens (tertiary/aromatic N) is 3. The molecule has 24 heavy (non-hydrogen) atoms. The van der Waals surface area contributed by atoms with E-state index in [9.17, 15) is 0 Å². The van der Waals surface area contributed by atoms with Crippen molar-refractivity contribution >= 4 is 11.9 Å². The van der Waals surface area contributed by atoms with E-state index in [2.05, 4.69) is 21.2 Å². The van der Waals surface area contributed by atoms with E-state index in [0.29, 0.717) is 17.9 Å². The van der Waals surface area contributed by atoms with E-state index in [1.54, 1.807) is 6.20 Å². The Balaban J connectivity index is 1.69. The molecule has 0 aliphatic heterocycles. The Hall–Kier alpha value is -2.21. The Kier molecular flexibility index (Phi) is 3.84. The molecule has 2 aliphatic rings. The first kappa shape index (κ1) is 15.3. The van der Waals surface area contributed by atoms with Gasteiger partial charge in [-0.15, -0.1) is 0 Å². The van der Waals surface area contributed by atoms with Gasteiger partial charge in [-0.05, 0) is 44.2 Å². The standard InChI is InChI=1S/C18H24N6/c1-21-16-6-17(22-9-13(16)8-20)15-10-24(14-4-11(5-14)7-19)23-18(15)12-2-3-12/h6,8-12,14,20H,2-5,7,19H2,1H3,(H,21,22). The highest BCUT2D eigenvalue weighted by molar-refractivity contribution is 5.86. The Bertz CT molecular complexity index is 755. The first-order valence-electron chi connectivity index (χ1n) is 8.71. The van der Waals surface area contributed by atoms with Crippen LogP contribution in [0.4, 0.5) is 5.69 Å². The number of hydrogen-bond acceptors (Lipinski definition) is 5. The fourth-order valence-corrected chi connectivity index (χ4v) is 3.50. The molecule has 2 aromatic rings. The molecule has 6 nitrogen and oxygen atoms in total. The molecule has 0 saturated heterocycles. The molecule has 2 aromatic heterocycles. The van der Waals surface area contributed by atoms with Crippen molar-refractivity contribution < 1.29 is 0 Å². The summed E-state index contributed by atoms with van der Waals surface area (Å²) >= 11 is 0. The number of nitrogens with two attached hydrogens (primary N) is 1. The zero-order valence-corrected chi connectivity index (χ0v) is 14.0. The summed E-state index contributed by atoms with van der Waals surface area (Å²) in [7, 11) is 1.87. The molecule has 2 fully saturated rings. The van der Waals surface area contributed by atoms with Crippen molar-refractivity contribution in [2.75, 3.05) is 18.9 Å². The van der Waals surface area contributed by atoms with E-state index in [-0.39, 0.29) is 0 Å². The molecular formula is C18H24N6. The largest absolute Gasteiger partial charge is 0.387 e. The lowest BCUT2D eigenvalue weighted by Gasteiger charge is -2.34. The van der Waals surface area contributed by atoms with Crippen molar-refractivity contribution in [3.63, 3.8) is 0 Å². The first-order chi connectivity index (χ1) is 11.7. The normalized spacial score (nSPS) is 22.9. The lowest BCUT2D eigenvalue weighted by molar-refractivity contribution is 0.189. The zero-order chi connectivity index (χ0) is 16.7. The highest BCUT2D eigenvalue weighted by atomic mass is 15.3. The molecule has 4 N–H and O–H groups in total. The van der Waals surface area contributed by atoms with Crippen molar-refractivity contribution in [1.82, 2.24) is 14.8 Å². The van der Waals surface area contributed by atoms with Crippen LogP contribution in [0.1, 0.15) is 48.9 Å². The quantitative estimate of drug-likeness (QED) is 0.712. The minimum atomic E-state index is 0.481. The van der Waals surface area contributed by atoms with Crippen LogP contribution in [-0.2, 0) is 0 Å². The maximum Gasteiger partial charge on any atom is 0.0757 e. The molecule has 0 unspecified atom stereocenters. The number of nitrogens with one attached hydrogen (secondary N) is 2. The minimum absolute atomic E-state index is 0.481. The van der Waals surface area contributed by atoms with Crippen LogP contribution in [0.15, 0.2) is 18.5 Å². The van der Waals surface area contributed by atoms with E-state index in [4.69, 9.17) is 16.2 Å². The van der Waals surface area contributed by atoms with Gasteiger partial charge in [0.2, 0.25) is 0 Å². The molecule has 0 amide bonds. The molecule has 2 aliphatic carbocycles. The summed E-state index contributed by atoms with van der Waals surface area (Å²) in [5.74, 6) is 1.22. The van der Waals surface area contributed by atoms with Gasteiger partial charge < -0.3 is 16.5 Å². The minimum Gasteiger partial charge on any atom is -0.387 e. The van der Waals surface area contributed by atoms with Crippen LogP contribution in [0.3, 0.4) is 0 Å². The summed E-state index contributed by atoms with van der Waals surface area (Å²) in [5.41, 5.74) is 10.7. The van der Waals surface area contributed by atoms with E-state index in [0.717, 1.165) is 41.9 Å². The second kappa shape index (κ2) is 6.02. The molecule has 2 heterocycles. The molecular weight excluding hydrogens is 300 g/mol. The van der Waals surface area contributed by atoms with Crippen LogP contribution in [0.5, 0.6) is 0 Å². The van der Waals surface area contributed by atoms with Crippen molar-refractivity contribution in [2.45, 2.75) is 37.6 Å². The van der Waals surface area contributed by atoms with Gasteiger partial charge in [0, 0.05) is 48.4 Å². The lowest BCUT2D eigenvalue weighted by atomic mass is 9.80. The molecule has 0 radical (unpaired) electrons. The van der Waals surface area contributed by atoms with Crippen LogP contribution in [-0.4, -0.2) is 34.6 Å². The van der Waals surface area contributed by atoms with Crippen LogP contribution in [0.25, 0.3) is 11.3 Å². The van der Waals surface area contributed by atoms with Gasteiger partial charge in [-0.2, -0.15) is 5.10 Å². The second-order valence-corrected chi connectivity index (χ2v) is 6.96. The maximum absolute atomic E-state index is 7.48.